The minimum absolute atomic E-state index is 0.0146. The fourth-order valence-corrected chi connectivity index (χ4v) is 3.41. The first kappa shape index (κ1) is 15.0. The Labute approximate surface area is 124 Å². The summed E-state index contributed by atoms with van der Waals surface area (Å²) >= 11 is 1.69. The van der Waals surface area contributed by atoms with Gasteiger partial charge in [-0.3, -0.25) is 9.59 Å². The molecule has 0 aliphatic carbocycles. The van der Waals surface area contributed by atoms with Crippen molar-refractivity contribution in [1.82, 2.24) is 10.2 Å². The summed E-state index contributed by atoms with van der Waals surface area (Å²) in [5.41, 5.74) is 0.971. The van der Waals surface area contributed by atoms with Crippen molar-refractivity contribution in [2.75, 3.05) is 6.54 Å². The van der Waals surface area contributed by atoms with Gasteiger partial charge < -0.3 is 10.2 Å². The highest BCUT2D eigenvalue weighted by molar-refractivity contribution is 7.12. The molecule has 1 unspecified atom stereocenters. The van der Waals surface area contributed by atoms with Crippen LogP contribution in [0, 0.1) is 19.3 Å². The summed E-state index contributed by atoms with van der Waals surface area (Å²) in [6, 6.07) is 1.66. The van der Waals surface area contributed by atoms with Gasteiger partial charge in [0.15, 0.2) is 0 Å². The SMILES string of the molecule is Cc1cc(CN2CC(=O)NC(C(C)(C)C)C2=O)sc1C. The first-order valence-corrected chi connectivity index (χ1v) is 7.64. The minimum Gasteiger partial charge on any atom is -0.342 e. The van der Waals surface area contributed by atoms with E-state index in [1.165, 1.54) is 10.4 Å². The van der Waals surface area contributed by atoms with Crippen LogP contribution in [0.1, 0.15) is 36.1 Å². The van der Waals surface area contributed by atoms with Crippen molar-refractivity contribution >= 4 is 23.2 Å². The number of thiophene rings is 1. The van der Waals surface area contributed by atoms with Crippen LogP contribution in [0.15, 0.2) is 6.07 Å². The van der Waals surface area contributed by atoms with Crippen LogP contribution in [0.3, 0.4) is 0 Å². The van der Waals surface area contributed by atoms with E-state index in [0.29, 0.717) is 6.54 Å². The molecule has 1 N–H and O–H groups in total. The maximum Gasteiger partial charge on any atom is 0.246 e. The van der Waals surface area contributed by atoms with E-state index in [1.807, 2.05) is 20.8 Å². The zero-order valence-electron chi connectivity index (χ0n) is 12.7. The van der Waals surface area contributed by atoms with Crippen molar-refractivity contribution in [3.05, 3.63) is 21.4 Å². The number of nitrogens with zero attached hydrogens (tertiary/aromatic N) is 1. The first-order valence-electron chi connectivity index (χ1n) is 6.82. The van der Waals surface area contributed by atoms with Crippen molar-refractivity contribution in [2.24, 2.45) is 5.41 Å². The predicted molar refractivity (Wildman–Crippen MR) is 80.6 cm³/mol. The Morgan fingerprint density at radius 3 is 2.50 bits per heavy atom. The lowest BCUT2D eigenvalue weighted by atomic mass is 9.85. The molecule has 2 heterocycles. The Bertz CT molecular complexity index is 523. The third-order valence-corrected chi connectivity index (χ3v) is 4.77. The van der Waals surface area contributed by atoms with Gasteiger partial charge >= 0.3 is 0 Å². The zero-order valence-corrected chi connectivity index (χ0v) is 13.6. The largest absolute Gasteiger partial charge is 0.342 e. The Kier molecular flexibility index (Phi) is 3.91. The number of aryl methyl sites for hydroxylation is 2. The molecular formula is C15H22N2O2S. The number of rotatable bonds is 2. The van der Waals surface area contributed by atoms with Gasteiger partial charge in [0.05, 0.1) is 13.1 Å². The van der Waals surface area contributed by atoms with E-state index >= 15 is 0 Å². The van der Waals surface area contributed by atoms with E-state index in [0.717, 1.165) is 4.88 Å². The van der Waals surface area contributed by atoms with Crippen LogP contribution in [-0.2, 0) is 16.1 Å². The molecule has 1 saturated heterocycles. The van der Waals surface area contributed by atoms with E-state index in [9.17, 15) is 9.59 Å². The molecule has 0 spiro atoms. The molecule has 1 aromatic heterocycles. The number of carbonyl (C=O) groups excluding carboxylic acids is 2. The number of hydrogen-bond acceptors (Lipinski definition) is 3. The number of hydrogen-bond donors (Lipinski definition) is 1. The maximum absolute atomic E-state index is 12.5. The molecule has 0 saturated carbocycles. The van der Waals surface area contributed by atoms with Crippen LogP contribution < -0.4 is 5.32 Å². The van der Waals surface area contributed by atoms with E-state index < -0.39 is 6.04 Å². The Morgan fingerprint density at radius 2 is 2.00 bits per heavy atom. The van der Waals surface area contributed by atoms with Gasteiger partial charge in [-0.15, -0.1) is 11.3 Å². The second kappa shape index (κ2) is 5.20. The quantitative estimate of drug-likeness (QED) is 0.909. The van der Waals surface area contributed by atoms with E-state index in [-0.39, 0.29) is 23.8 Å². The van der Waals surface area contributed by atoms with Crippen molar-refractivity contribution in [3.63, 3.8) is 0 Å². The fourth-order valence-electron chi connectivity index (χ4n) is 2.34. The van der Waals surface area contributed by atoms with Crippen LogP contribution in [0.25, 0.3) is 0 Å². The normalized spacial score (nSPS) is 20.2. The van der Waals surface area contributed by atoms with Crippen molar-refractivity contribution in [1.29, 1.82) is 0 Å². The van der Waals surface area contributed by atoms with Crippen LogP contribution >= 0.6 is 11.3 Å². The minimum atomic E-state index is -0.439. The molecule has 0 bridgehead atoms. The number of carbonyl (C=O) groups is 2. The highest BCUT2D eigenvalue weighted by atomic mass is 32.1. The second-order valence-corrected chi connectivity index (χ2v) is 7.85. The van der Waals surface area contributed by atoms with Crippen LogP contribution in [0.5, 0.6) is 0 Å². The van der Waals surface area contributed by atoms with Crippen molar-refractivity contribution < 1.29 is 9.59 Å². The van der Waals surface area contributed by atoms with Gasteiger partial charge in [0.1, 0.15) is 6.04 Å². The summed E-state index contributed by atoms with van der Waals surface area (Å²) in [5.74, 6) is -0.0599. The molecule has 4 nitrogen and oxygen atoms in total. The topological polar surface area (TPSA) is 49.4 Å². The number of piperazine rings is 1. The molecule has 1 aliphatic rings. The summed E-state index contributed by atoms with van der Waals surface area (Å²) in [5, 5.41) is 2.81. The maximum atomic E-state index is 12.5. The smallest absolute Gasteiger partial charge is 0.246 e. The summed E-state index contributed by atoms with van der Waals surface area (Å²) in [4.78, 5) is 28.4. The van der Waals surface area contributed by atoms with Gasteiger partial charge in [0.2, 0.25) is 11.8 Å². The Hall–Kier alpha value is -1.36. The Morgan fingerprint density at radius 1 is 1.35 bits per heavy atom. The summed E-state index contributed by atoms with van der Waals surface area (Å²) in [6.45, 7) is 10.7. The van der Waals surface area contributed by atoms with Crippen LogP contribution in [0.2, 0.25) is 0 Å². The fraction of sp³-hybridized carbons (Fsp3) is 0.600. The Balaban J connectivity index is 2.18. The molecule has 0 radical (unpaired) electrons. The third-order valence-electron chi connectivity index (χ3n) is 3.63. The average Bonchev–Trinajstić information content (AvgIpc) is 2.61. The number of nitrogens with one attached hydrogen (secondary N) is 1. The van der Waals surface area contributed by atoms with Crippen LogP contribution in [0.4, 0.5) is 0 Å². The molecule has 1 aliphatic heterocycles. The van der Waals surface area contributed by atoms with Crippen molar-refractivity contribution in [2.45, 2.75) is 47.2 Å². The van der Waals surface area contributed by atoms with Gasteiger partial charge in [0.25, 0.3) is 0 Å². The highest BCUT2D eigenvalue weighted by Crippen LogP contribution is 2.26. The summed E-state index contributed by atoms with van der Waals surface area (Å²) < 4.78 is 0. The second-order valence-electron chi connectivity index (χ2n) is 6.51. The molecule has 2 rings (SSSR count). The molecule has 1 atom stereocenters. The zero-order chi connectivity index (χ0) is 15.1. The predicted octanol–water partition coefficient (Wildman–Crippen LogP) is 2.24. The van der Waals surface area contributed by atoms with E-state index in [2.05, 4.69) is 25.2 Å². The standard InChI is InChI=1S/C15H22N2O2S/c1-9-6-11(20-10(9)2)7-17-8-12(18)16-13(14(17)19)15(3,4)5/h6,13H,7-8H2,1-5H3,(H,16,18). The molecule has 20 heavy (non-hydrogen) atoms. The summed E-state index contributed by atoms with van der Waals surface area (Å²) in [7, 11) is 0. The van der Waals surface area contributed by atoms with E-state index in [4.69, 9.17) is 0 Å². The van der Waals surface area contributed by atoms with Crippen LogP contribution in [-0.4, -0.2) is 29.3 Å². The number of amides is 2. The molecule has 110 valence electrons. The third kappa shape index (κ3) is 3.03. The molecular weight excluding hydrogens is 272 g/mol. The average molecular weight is 294 g/mol. The molecule has 5 heteroatoms. The van der Waals surface area contributed by atoms with Crippen molar-refractivity contribution in [3.8, 4) is 0 Å². The molecule has 0 aromatic carbocycles. The molecule has 1 fully saturated rings. The lowest BCUT2D eigenvalue weighted by molar-refractivity contribution is -0.147. The lowest BCUT2D eigenvalue weighted by Gasteiger charge is -2.38. The lowest BCUT2D eigenvalue weighted by Crippen LogP contribution is -2.61. The first-order chi connectivity index (χ1) is 9.18. The van der Waals surface area contributed by atoms with Gasteiger partial charge in [0, 0.05) is 9.75 Å². The van der Waals surface area contributed by atoms with Gasteiger partial charge in [-0.25, -0.2) is 0 Å². The van der Waals surface area contributed by atoms with Gasteiger partial charge in [-0.2, -0.15) is 0 Å². The highest BCUT2D eigenvalue weighted by Gasteiger charge is 2.39. The molecule has 2 amide bonds. The van der Waals surface area contributed by atoms with Gasteiger partial charge in [-0.1, -0.05) is 20.8 Å². The van der Waals surface area contributed by atoms with Gasteiger partial charge in [-0.05, 0) is 30.9 Å². The van der Waals surface area contributed by atoms with E-state index in [1.54, 1.807) is 16.2 Å². The monoisotopic (exact) mass is 294 g/mol. The molecule has 1 aromatic rings. The summed E-state index contributed by atoms with van der Waals surface area (Å²) in [6.07, 6.45) is 0.